The van der Waals surface area contributed by atoms with E-state index in [1.165, 1.54) is 6.07 Å². The predicted molar refractivity (Wildman–Crippen MR) is 74.9 cm³/mol. The van der Waals surface area contributed by atoms with E-state index in [9.17, 15) is 8.42 Å². The number of halogens is 2. The minimum Gasteiger partial charge on any atom is -0.340 e. The van der Waals surface area contributed by atoms with Gasteiger partial charge >= 0.3 is 0 Å². The number of rotatable bonds is 4. The van der Waals surface area contributed by atoms with Crippen molar-refractivity contribution < 1.29 is 12.9 Å². The van der Waals surface area contributed by atoms with Gasteiger partial charge in [-0.2, -0.15) is 4.98 Å². The molecule has 1 aromatic heterocycles. The Bertz CT molecular complexity index is 700. The van der Waals surface area contributed by atoms with E-state index in [0.29, 0.717) is 14.8 Å². The van der Waals surface area contributed by atoms with Crippen LogP contribution in [-0.2, 0) is 16.6 Å². The van der Waals surface area contributed by atoms with Crippen LogP contribution in [0.3, 0.4) is 0 Å². The minimum absolute atomic E-state index is 0.0291. The van der Waals surface area contributed by atoms with Gasteiger partial charge < -0.3 is 4.52 Å². The molecule has 9 heteroatoms. The molecule has 1 aromatic carbocycles. The molecule has 0 aliphatic rings. The van der Waals surface area contributed by atoms with Crippen molar-refractivity contribution in [1.82, 2.24) is 14.9 Å². The summed E-state index contributed by atoms with van der Waals surface area (Å²) in [5.41, 5.74) is 0. The van der Waals surface area contributed by atoms with E-state index in [4.69, 9.17) is 4.52 Å². The van der Waals surface area contributed by atoms with Crippen LogP contribution >= 0.6 is 31.9 Å². The van der Waals surface area contributed by atoms with Gasteiger partial charge in [0.1, 0.15) is 0 Å². The Kier molecular flexibility index (Phi) is 4.39. The monoisotopic (exact) mass is 409 g/mol. The summed E-state index contributed by atoms with van der Waals surface area (Å²) in [5, 5.41) is 3.62. The first-order valence-electron chi connectivity index (χ1n) is 5.12. The lowest BCUT2D eigenvalue weighted by molar-refractivity contribution is 0.387. The van der Waals surface area contributed by atoms with E-state index >= 15 is 0 Å². The standard InChI is InChI=1S/C10H9Br2N3O3S/c1-6-14-10(15-18-6)5-13-19(16,17)9-4-7(11)2-3-8(9)12/h2-4,13H,5H2,1H3. The molecule has 2 rings (SSSR count). The molecule has 0 fully saturated rings. The number of sulfonamides is 1. The lowest BCUT2D eigenvalue weighted by atomic mass is 10.4. The summed E-state index contributed by atoms with van der Waals surface area (Å²) < 4.78 is 32.6. The SMILES string of the molecule is Cc1nc(CNS(=O)(=O)c2cc(Br)ccc2Br)no1. The summed E-state index contributed by atoms with van der Waals surface area (Å²) in [5.74, 6) is 0.671. The Hall–Kier alpha value is -0.770. The van der Waals surface area contributed by atoms with E-state index in [-0.39, 0.29) is 17.3 Å². The van der Waals surface area contributed by atoms with Crippen molar-refractivity contribution in [2.75, 3.05) is 0 Å². The maximum absolute atomic E-state index is 12.1. The van der Waals surface area contributed by atoms with Crippen LogP contribution in [0.25, 0.3) is 0 Å². The Morgan fingerprint density at radius 2 is 2.11 bits per heavy atom. The van der Waals surface area contributed by atoms with Crippen molar-refractivity contribution in [2.45, 2.75) is 18.4 Å². The third-order valence-electron chi connectivity index (χ3n) is 2.17. The fourth-order valence-corrected chi connectivity index (χ4v) is 3.81. The Morgan fingerprint density at radius 3 is 2.74 bits per heavy atom. The molecule has 1 N–H and O–H groups in total. The third kappa shape index (κ3) is 3.62. The smallest absolute Gasteiger partial charge is 0.242 e. The lowest BCUT2D eigenvalue weighted by Gasteiger charge is -2.07. The van der Waals surface area contributed by atoms with Gasteiger partial charge in [0.25, 0.3) is 0 Å². The highest BCUT2D eigenvalue weighted by molar-refractivity contribution is 9.11. The van der Waals surface area contributed by atoms with Gasteiger partial charge in [-0.05, 0) is 34.1 Å². The molecule has 0 radical (unpaired) electrons. The summed E-state index contributed by atoms with van der Waals surface area (Å²) >= 11 is 6.44. The van der Waals surface area contributed by atoms with Crippen LogP contribution in [-0.4, -0.2) is 18.6 Å². The average molecular weight is 411 g/mol. The van der Waals surface area contributed by atoms with Crippen molar-refractivity contribution in [3.8, 4) is 0 Å². The second kappa shape index (κ2) is 5.70. The molecule has 0 bridgehead atoms. The molecular weight excluding hydrogens is 402 g/mol. The molecule has 0 aliphatic carbocycles. The highest BCUT2D eigenvalue weighted by atomic mass is 79.9. The fraction of sp³-hybridized carbons (Fsp3) is 0.200. The quantitative estimate of drug-likeness (QED) is 0.836. The molecule has 1 heterocycles. The molecule has 6 nitrogen and oxygen atoms in total. The van der Waals surface area contributed by atoms with Gasteiger partial charge in [0.05, 0.1) is 11.4 Å². The van der Waals surface area contributed by atoms with Gasteiger partial charge in [-0.15, -0.1) is 0 Å². The summed E-state index contributed by atoms with van der Waals surface area (Å²) in [6.07, 6.45) is 0. The van der Waals surface area contributed by atoms with Gasteiger partial charge in [0, 0.05) is 15.9 Å². The van der Waals surface area contributed by atoms with E-state index in [0.717, 1.165) is 0 Å². The van der Waals surface area contributed by atoms with Crippen LogP contribution < -0.4 is 4.72 Å². The molecule has 0 amide bonds. The van der Waals surface area contributed by atoms with Crippen molar-refractivity contribution in [3.05, 3.63) is 38.9 Å². The molecule has 102 valence electrons. The number of hydrogen-bond acceptors (Lipinski definition) is 5. The number of nitrogens with one attached hydrogen (secondary N) is 1. The molecule has 0 saturated heterocycles. The first-order chi connectivity index (χ1) is 8.88. The first kappa shape index (κ1) is 14.6. The second-order valence-corrected chi connectivity index (χ2v) is 7.13. The Morgan fingerprint density at radius 1 is 1.37 bits per heavy atom. The highest BCUT2D eigenvalue weighted by Gasteiger charge is 2.18. The van der Waals surface area contributed by atoms with Crippen molar-refractivity contribution in [1.29, 1.82) is 0 Å². The maximum Gasteiger partial charge on any atom is 0.242 e. The van der Waals surface area contributed by atoms with Crippen molar-refractivity contribution in [3.63, 3.8) is 0 Å². The summed E-state index contributed by atoms with van der Waals surface area (Å²) in [6, 6.07) is 4.90. The number of benzene rings is 1. The van der Waals surface area contributed by atoms with E-state index in [1.807, 2.05) is 0 Å². The van der Waals surface area contributed by atoms with E-state index in [2.05, 4.69) is 46.7 Å². The minimum atomic E-state index is -3.65. The number of hydrogen-bond donors (Lipinski definition) is 1. The molecule has 0 aliphatic heterocycles. The number of nitrogens with zero attached hydrogens (tertiary/aromatic N) is 2. The molecule has 0 spiro atoms. The number of aryl methyl sites for hydroxylation is 1. The third-order valence-corrected chi connectivity index (χ3v) is 5.06. The largest absolute Gasteiger partial charge is 0.340 e. The van der Waals surface area contributed by atoms with Gasteiger partial charge in [0.2, 0.25) is 15.9 Å². The molecule has 2 aromatic rings. The van der Waals surface area contributed by atoms with Crippen LogP contribution in [0, 0.1) is 6.92 Å². The normalized spacial score (nSPS) is 11.7. The average Bonchev–Trinajstić information content (AvgIpc) is 2.76. The van der Waals surface area contributed by atoms with E-state index in [1.54, 1.807) is 19.1 Å². The predicted octanol–water partition coefficient (Wildman–Crippen LogP) is 2.38. The molecule has 0 unspecified atom stereocenters. The second-order valence-electron chi connectivity index (χ2n) is 3.63. The van der Waals surface area contributed by atoms with Gasteiger partial charge in [0.15, 0.2) is 5.82 Å². The molecule has 0 saturated carbocycles. The van der Waals surface area contributed by atoms with Crippen LogP contribution in [0.5, 0.6) is 0 Å². The Balaban J connectivity index is 2.20. The summed E-state index contributed by atoms with van der Waals surface area (Å²) in [6.45, 7) is 1.61. The zero-order valence-corrected chi connectivity index (χ0v) is 13.7. The van der Waals surface area contributed by atoms with Crippen LogP contribution in [0.4, 0.5) is 0 Å². The lowest BCUT2D eigenvalue weighted by Crippen LogP contribution is -2.24. The highest BCUT2D eigenvalue weighted by Crippen LogP contribution is 2.25. The van der Waals surface area contributed by atoms with Gasteiger partial charge in [-0.1, -0.05) is 21.1 Å². The van der Waals surface area contributed by atoms with Gasteiger partial charge in [-0.3, -0.25) is 0 Å². The topological polar surface area (TPSA) is 85.1 Å². The zero-order chi connectivity index (χ0) is 14.0. The first-order valence-corrected chi connectivity index (χ1v) is 8.19. The molecule has 19 heavy (non-hydrogen) atoms. The molecular formula is C10H9Br2N3O3S. The zero-order valence-electron chi connectivity index (χ0n) is 9.72. The molecule has 0 atom stereocenters. The maximum atomic E-state index is 12.1. The van der Waals surface area contributed by atoms with Gasteiger partial charge in [-0.25, -0.2) is 13.1 Å². The summed E-state index contributed by atoms with van der Waals surface area (Å²) in [7, 11) is -3.65. The van der Waals surface area contributed by atoms with Crippen molar-refractivity contribution in [2.24, 2.45) is 0 Å². The Labute approximate surface area is 126 Å². The van der Waals surface area contributed by atoms with Crippen LogP contribution in [0.15, 0.2) is 36.6 Å². The number of aromatic nitrogens is 2. The van der Waals surface area contributed by atoms with Crippen LogP contribution in [0.1, 0.15) is 11.7 Å². The van der Waals surface area contributed by atoms with E-state index < -0.39 is 10.0 Å². The fourth-order valence-electron chi connectivity index (χ4n) is 1.33. The van der Waals surface area contributed by atoms with Crippen LogP contribution in [0.2, 0.25) is 0 Å². The van der Waals surface area contributed by atoms with Crippen molar-refractivity contribution >= 4 is 41.9 Å². The summed E-state index contributed by atoms with van der Waals surface area (Å²) in [4.78, 5) is 4.06.